The first kappa shape index (κ1) is 35.3. The highest BCUT2D eigenvalue weighted by Crippen LogP contribution is 2.52. The molecule has 0 saturated carbocycles. The molecular weight excluding hydrogens is 649 g/mol. The topological polar surface area (TPSA) is 96.3 Å². The maximum atomic E-state index is 6.55. The van der Waals surface area contributed by atoms with Gasteiger partial charge in [0.2, 0.25) is 0 Å². The van der Waals surface area contributed by atoms with E-state index in [4.69, 9.17) is 18.3 Å². The summed E-state index contributed by atoms with van der Waals surface area (Å²) in [5.41, 5.74) is 0. The Kier molecular flexibility index (Phi) is 14.8. The fourth-order valence-corrected chi connectivity index (χ4v) is 7.72. The van der Waals surface area contributed by atoms with Crippen molar-refractivity contribution in [3.05, 3.63) is 35.0 Å². The van der Waals surface area contributed by atoms with Crippen LogP contribution in [0.25, 0.3) is 43.1 Å². The van der Waals surface area contributed by atoms with Crippen molar-refractivity contribution in [2.24, 2.45) is 0 Å². The van der Waals surface area contributed by atoms with Crippen LogP contribution in [-0.4, -0.2) is 33.6 Å². The molecule has 47 heavy (non-hydrogen) atoms. The van der Waals surface area contributed by atoms with Gasteiger partial charge in [0.15, 0.2) is 11.5 Å². The molecule has 5 heterocycles. The first-order chi connectivity index (χ1) is 23.3. The SMILES string of the molecule is CCCCCCCCCCOc1c(-c2nnc(-c3cccs3)o2)sc(-c2nnc(-c3cccs3)o2)c1OCCCCCCCCCC. The van der Waals surface area contributed by atoms with Crippen molar-refractivity contribution in [2.75, 3.05) is 13.2 Å². The first-order valence-corrected chi connectivity index (χ1v) is 20.0. The minimum Gasteiger partial charge on any atom is -0.488 e. The smallest absolute Gasteiger partial charge is 0.262 e. The van der Waals surface area contributed by atoms with E-state index < -0.39 is 0 Å². The highest BCUT2D eigenvalue weighted by molar-refractivity contribution is 7.19. The van der Waals surface area contributed by atoms with Gasteiger partial charge in [0, 0.05) is 0 Å². The number of nitrogens with zero attached hydrogens (tertiary/aromatic N) is 4. The van der Waals surface area contributed by atoms with Crippen LogP contribution < -0.4 is 9.47 Å². The third-order valence-electron chi connectivity index (χ3n) is 8.01. The van der Waals surface area contributed by atoms with Gasteiger partial charge in [-0.1, -0.05) is 116 Å². The predicted octanol–water partition coefficient (Wildman–Crippen LogP) is 12.3. The Bertz CT molecular complexity index is 1430. The van der Waals surface area contributed by atoms with Crippen LogP contribution in [0.1, 0.15) is 117 Å². The second-order valence-electron chi connectivity index (χ2n) is 11.8. The summed E-state index contributed by atoms with van der Waals surface area (Å²) in [4.78, 5) is 3.28. The summed E-state index contributed by atoms with van der Waals surface area (Å²) in [6.07, 6.45) is 19.7. The van der Waals surface area contributed by atoms with Crippen LogP contribution in [0.4, 0.5) is 0 Å². The number of aromatic nitrogens is 4. The van der Waals surface area contributed by atoms with Crippen molar-refractivity contribution in [3.8, 4) is 54.6 Å². The molecule has 0 spiro atoms. The van der Waals surface area contributed by atoms with E-state index in [0.29, 0.717) is 48.3 Å². The van der Waals surface area contributed by atoms with Gasteiger partial charge in [-0.05, 0) is 35.7 Å². The lowest BCUT2D eigenvalue weighted by Gasteiger charge is -2.11. The van der Waals surface area contributed by atoms with Crippen LogP contribution in [0.2, 0.25) is 0 Å². The quantitative estimate of drug-likeness (QED) is 0.0588. The van der Waals surface area contributed by atoms with Crippen molar-refractivity contribution in [1.29, 1.82) is 0 Å². The summed E-state index contributed by atoms with van der Waals surface area (Å²) in [5, 5.41) is 21.6. The molecule has 0 aromatic carbocycles. The number of ether oxygens (including phenoxy) is 2. The van der Waals surface area contributed by atoms with Crippen LogP contribution in [0, 0.1) is 0 Å². The third-order valence-corrected chi connectivity index (χ3v) is 10.9. The molecule has 0 aliphatic carbocycles. The van der Waals surface area contributed by atoms with Gasteiger partial charge in [-0.3, -0.25) is 0 Å². The molecule has 0 aliphatic rings. The largest absolute Gasteiger partial charge is 0.488 e. The summed E-state index contributed by atoms with van der Waals surface area (Å²) in [6, 6.07) is 7.90. The van der Waals surface area contributed by atoms with E-state index in [1.807, 2.05) is 35.0 Å². The average Bonchev–Trinajstić information content (AvgIpc) is 3.93. The van der Waals surface area contributed by atoms with Gasteiger partial charge in [0.25, 0.3) is 23.6 Å². The van der Waals surface area contributed by atoms with E-state index in [-0.39, 0.29) is 0 Å². The number of hydrogen-bond acceptors (Lipinski definition) is 11. The molecule has 0 atom stereocenters. The first-order valence-electron chi connectivity index (χ1n) is 17.5. The van der Waals surface area contributed by atoms with E-state index in [1.54, 1.807) is 22.7 Å². The van der Waals surface area contributed by atoms with Crippen molar-refractivity contribution >= 4 is 34.0 Å². The van der Waals surface area contributed by atoms with Gasteiger partial charge in [-0.2, -0.15) is 0 Å². The second kappa shape index (κ2) is 19.7. The monoisotopic (exact) mass is 696 g/mol. The minimum absolute atomic E-state index is 0.394. The molecule has 11 heteroatoms. The highest BCUT2D eigenvalue weighted by Gasteiger charge is 2.30. The molecule has 0 aliphatic heterocycles. The zero-order valence-corrected chi connectivity index (χ0v) is 30.3. The molecule has 0 amide bonds. The van der Waals surface area contributed by atoms with E-state index in [1.165, 1.54) is 88.4 Å². The number of rotatable bonds is 24. The zero-order valence-electron chi connectivity index (χ0n) is 27.8. The molecule has 0 bridgehead atoms. The highest BCUT2D eigenvalue weighted by atomic mass is 32.1. The normalized spacial score (nSPS) is 11.4. The fraction of sp³-hybridized carbons (Fsp3) is 0.556. The van der Waals surface area contributed by atoms with E-state index in [0.717, 1.165) is 45.2 Å². The standard InChI is InChI=1S/C36H48N4O4S3/c1-3-5-7-9-11-13-15-17-23-41-29-30(42-24-18-16-14-12-10-8-6-4-2)32(36-40-38-34(44-36)28-22-20-26-46-28)47-31(29)35-39-37-33(43-35)27-21-19-25-45-27/h19-22,25-26H,3-18,23-24H2,1-2H3. The summed E-state index contributed by atoms with van der Waals surface area (Å²) in [7, 11) is 0. The van der Waals surface area contributed by atoms with Gasteiger partial charge in [-0.25, -0.2) is 0 Å². The molecular formula is C36H48N4O4S3. The van der Waals surface area contributed by atoms with Crippen LogP contribution in [0.5, 0.6) is 11.5 Å². The average molecular weight is 697 g/mol. The molecule has 0 radical (unpaired) electrons. The van der Waals surface area contributed by atoms with Crippen LogP contribution in [0.15, 0.2) is 43.9 Å². The fourth-order valence-electron chi connectivity index (χ4n) is 5.39. The molecule has 0 N–H and O–H groups in total. The lowest BCUT2D eigenvalue weighted by molar-refractivity contribution is 0.261. The van der Waals surface area contributed by atoms with Crippen LogP contribution in [0.3, 0.4) is 0 Å². The predicted molar refractivity (Wildman–Crippen MR) is 194 cm³/mol. The van der Waals surface area contributed by atoms with E-state index in [2.05, 4.69) is 34.2 Å². The Morgan fingerprint density at radius 3 is 1.28 bits per heavy atom. The Hall–Kier alpha value is -3.02. The van der Waals surface area contributed by atoms with Crippen molar-refractivity contribution in [3.63, 3.8) is 0 Å². The molecule has 5 rings (SSSR count). The molecule has 5 aromatic rings. The Morgan fingerprint density at radius 2 is 0.894 bits per heavy atom. The summed E-state index contributed by atoms with van der Waals surface area (Å²) < 4.78 is 25.5. The maximum Gasteiger partial charge on any atom is 0.262 e. The van der Waals surface area contributed by atoms with Crippen LogP contribution >= 0.6 is 34.0 Å². The molecule has 5 aromatic heterocycles. The Balaban J connectivity index is 1.35. The Morgan fingerprint density at radius 1 is 0.511 bits per heavy atom. The maximum absolute atomic E-state index is 6.55. The molecule has 0 saturated heterocycles. The third kappa shape index (κ3) is 10.5. The van der Waals surface area contributed by atoms with Gasteiger partial charge >= 0.3 is 0 Å². The lowest BCUT2D eigenvalue weighted by atomic mass is 10.1. The van der Waals surface area contributed by atoms with Crippen molar-refractivity contribution in [2.45, 2.75) is 117 Å². The lowest BCUT2D eigenvalue weighted by Crippen LogP contribution is -2.03. The van der Waals surface area contributed by atoms with E-state index in [9.17, 15) is 0 Å². The summed E-state index contributed by atoms with van der Waals surface area (Å²) in [6.45, 7) is 5.66. The molecule has 0 fully saturated rings. The van der Waals surface area contributed by atoms with Gasteiger partial charge < -0.3 is 18.3 Å². The minimum atomic E-state index is 0.394. The van der Waals surface area contributed by atoms with Crippen molar-refractivity contribution < 1.29 is 18.3 Å². The van der Waals surface area contributed by atoms with Crippen LogP contribution in [-0.2, 0) is 0 Å². The molecule has 254 valence electrons. The summed E-state index contributed by atoms with van der Waals surface area (Å²) in [5.74, 6) is 2.99. The summed E-state index contributed by atoms with van der Waals surface area (Å²) >= 11 is 4.57. The Labute approximate surface area is 291 Å². The van der Waals surface area contributed by atoms with Gasteiger partial charge in [-0.15, -0.1) is 54.4 Å². The van der Waals surface area contributed by atoms with Gasteiger partial charge in [0.1, 0.15) is 9.75 Å². The number of thiophene rings is 3. The van der Waals surface area contributed by atoms with Crippen molar-refractivity contribution in [1.82, 2.24) is 20.4 Å². The number of hydrogen-bond donors (Lipinski definition) is 0. The molecule has 0 unspecified atom stereocenters. The van der Waals surface area contributed by atoms with Gasteiger partial charge in [0.05, 0.1) is 23.0 Å². The molecule has 8 nitrogen and oxygen atoms in total. The van der Waals surface area contributed by atoms with E-state index >= 15 is 0 Å². The second-order valence-corrected chi connectivity index (χ2v) is 14.8. The number of unbranched alkanes of at least 4 members (excludes halogenated alkanes) is 14. The zero-order chi connectivity index (χ0) is 32.5.